The van der Waals surface area contributed by atoms with E-state index >= 15 is 0 Å². The van der Waals surface area contributed by atoms with Crippen molar-refractivity contribution in [3.05, 3.63) is 125 Å². The van der Waals surface area contributed by atoms with E-state index in [2.05, 4.69) is 10.0 Å². The van der Waals surface area contributed by atoms with Crippen LogP contribution < -0.4 is 14.8 Å². The number of sulfonamides is 1. The van der Waals surface area contributed by atoms with E-state index in [1.807, 2.05) is 31.2 Å². The molecule has 224 valence electrons. The number of nitrogens with zero attached hydrogens (tertiary/aromatic N) is 1. The molecule has 1 atom stereocenters. The Morgan fingerprint density at radius 2 is 1.49 bits per heavy atom. The summed E-state index contributed by atoms with van der Waals surface area (Å²) in [6, 6.07) is 24.4. The molecular weight excluding hydrogens is 593 g/mol. The molecule has 0 saturated heterocycles. The third-order valence-corrected chi connectivity index (χ3v) is 8.26. The van der Waals surface area contributed by atoms with Gasteiger partial charge in [0, 0.05) is 23.8 Å². The van der Waals surface area contributed by atoms with Crippen molar-refractivity contribution >= 4 is 39.1 Å². The van der Waals surface area contributed by atoms with Crippen LogP contribution in [0.15, 0.2) is 102 Å². The van der Waals surface area contributed by atoms with Crippen molar-refractivity contribution in [2.45, 2.75) is 37.9 Å². The van der Waals surface area contributed by atoms with Crippen LogP contribution in [0.5, 0.6) is 5.75 Å². The molecule has 8 nitrogen and oxygen atoms in total. The van der Waals surface area contributed by atoms with Crippen LogP contribution in [0.1, 0.15) is 23.6 Å². The van der Waals surface area contributed by atoms with Crippen molar-refractivity contribution in [2.75, 3.05) is 11.3 Å². The fraction of sp³-hybridized carbons (Fsp3) is 0.188. The van der Waals surface area contributed by atoms with Crippen molar-refractivity contribution in [1.82, 2.24) is 10.2 Å². The van der Waals surface area contributed by atoms with Gasteiger partial charge >= 0.3 is 0 Å². The monoisotopic (exact) mass is 623 g/mol. The van der Waals surface area contributed by atoms with E-state index in [1.165, 1.54) is 41.3 Å². The van der Waals surface area contributed by atoms with Crippen LogP contribution in [0.4, 0.5) is 10.1 Å². The molecule has 2 amide bonds. The van der Waals surface area contributed by atoms with Gasteiger partial charge in [0.15, 0.2) is 6.61 Å². The molecule has 0 fully saturated rings. The van der Waals surface area contributed by atoms with E-state index in [0.717, 1.165) is 28.8 Å². The summed E-state index contributed by atoms with van der Waals surface area (Å²) < 4.78 is 46.6. The maximum atomic E-state index is 13.4. The van der Waals surface area contributed by atoms with Crippen molar-refractivity contribution in [3.8, 4) is 5.75 Å². The molecule has 0 radical (unpaired) electrons. The Hall–Kier alpha value is -4.41. The summed E-state index contributed by atoms with van der Waals surface area (Å²) in [5.41, 5.74) is 3.04. The highest BCUT2D eigenvalue weighted by Crippen LogP contribution is 2.20. The molecule has 43 heavy (non-hydrogen) atoms. The van der Waals surface area contributed by atoms with Gasteiger partial charge in [0.2, 0.25) is 5.91 Å². The van der Waals surface area contributed by atoms with Crippen molar-refractivity contribution in [2.24, 2.45) is 0 Å². The average molecular weight is 624 g/mol. The zero-order chi connectivity index (χ0) is 31.0. The lowest BCUT2D eigenvalue weighted by Gasteiger charge is -2.29. The molecular formula is C32H31ClFN3O5S. The summed E-state index contributed by atoms with van der Waals surface area (Å²) in [7, 11) is -3.93. The Bertz CT molecular complexity index is 1650. The summed E-state index contributed by atoms with van der Waals surface area (Å²) in [6.07, 6.45) is 0. The van der Waals surface area contributed by atoms with Gasteiger partial charge in [-0.2, -0.15) is 0 Å². The molecule has 0 aromatic heterocycles. The zero-order valence-corrected chi connectivity index (χ0v) is 25.2. The lowest BCUT2D eigenvalue weighted by Crippen LogP contribution is -2.48. The Morgan fingerprint density at radius 3 is 2.12 bits per heavy atom. The van der Waals surface area contributed by atoms with Gasteiger partial charge in [0.1, 0.15) is 17.6 Å². The van der Waals surface area contributed by atoms with Gasteiger partial charge in [0.05, 0.1) is 4.90 Å². The number of aryl methyl sites for hydroxylation is 1. The second-order valence-electron chi connectivity index (χ2n) is 9.90. The van der Waals surface area contributed by atoms with Crippen LogP contribution in [0.3, 0.4) is 0 Å². The Labute approximate surface area is 255 Å². The number of amides is 2. The van der Waals surface area contributed by atoms with Gasteiger partial charge in [-0.15, -0.1) is 0 Å². The molecule has 4 aromatic rings. The fourth-order valence-corrected chi connectivity index (χ4v) is 5.27. The molecule has 1 unspecified atom stereocenters. The number of hydrogen-bond donors (Lipinski definition) is 2. The number of carbonyl (C=O) groups excluding carboxylic acids is 2. The average Bonchev–Trinajstić information content (AvgIpc) is 3.00. The number of ether oxygens (including phenoxy) is 1. The lowest BCUT2D eigenvalue weighted by atomic mass is 10.1. The number of halogens is 2. The fourth-order valence-electron chi connectivity index (χ4n) is 4.09. The molecule has 0 aliphatic carbocycles. The minimum absolute atomic E-state index is 0.0428. The SMILES string of the molecule is Cc1ccc(CNC(=O)C(C)N(Cc2ccc(Cl)cc2)C(=O)COc2ccc(S(=O)(=O)Nc3ccc(F)cc3)cc2)cc1. The first-order chi connectivity index (χ1) is 20.5. The highest BCUT2D eigenvalue weighted by Gasteiger charge is 2.26. The van der Waals surface area contributed by atoms with E-state index in [4.69, 9.17) is 16.3 Å². The minimum atomic E-state index is -3.93. The molecule has 0 spiro atoms. The van der Waals surface area contributed by atoms with E-state index in [0.29, 0.717) is 11.6 Å². The van der Waals surface area contributed by atoms with Gasteiger partial charge < -0.3 is 15.0 Å². The quantitative estimate of drug-likeness (QED) is 0.211. The molecule has 0 saturated carbocycles. The van der Waals surface area contributed by atoms with Crippen LogP contribution in [0, 0.1) is 12.7 Å². The van der Waals surface area contributed by atoms with Crippen LogP contribution in [0.2, 0.25) is 5.02 Å². The predicted octanol–water partition coefficient (Wildman–Crippen LogP) is 5.70. The van der Waals surface area contributed by atoms with E-state index < -0.39 is 27.8 Å². The molecule has 0 aliphatic rings. The third kappa shape index (κ3) is 9.04. The van der Waals surface area contributed by atoms with Crippen molar-refractivity contribution < 1.29 is 27.1 Å². The van der Waals surface area contributed by atoms with Crippen LogP contribution in [-0.4, -0.2) is 37.8 Å². The second kappa shape index (κ2) is 14.2. The maximum Gasteiger partial charge on any atom is 0.261 e. The van der Waals surface area contributed by atoms with E-state index in [-0.39, 0.29) is 35.4 Å². The third-order valence-electron chi connectivity index (χ3n) is 6.61. The smallest absolute Gasteiger partial charge is 0.261 e. The number of carbonyl (C=O) groups is 2. The first-order valence-electron chi connectivity index (χ1n) is 13.4. The molecule has 0 bridgehead atoms. The highest BCUT2D eigenvalue weighted by molar-refractivity contribution is 7.92. The Kier molecular flexibility index (Phi) is 10.4. The second-order valence-corrected chi connectivity index (χ2v) is 12.0. The number of hydrogen-bond acceptors (Lipinski definition) is 5. The summed E-state index contributed by atoms with van der Waals surface area (Å²) in [4.78, 5) is 27.8. The first-order valence-corrected chi connectivity index (χ1v) is 15.2. The Balaban J connectivity index is 1.41. The molecule has 0 heterocycles. The molecule has 4 aromatic carbocycles. The summed E-state index contributed by atoms with van der Waals surface area (Å²) in [5, 5.41) is 3.43. The number of anilines is 1. The summed E-state index contributed by atoms with van der Waals surface area (Å²) >= 11 is 6.02. The van der Waals surface area contributed by atoms with Crippen molar-refractivity contribution in [3.63, 3.8) is 0 Å². The zero-order valence-electron chi connectivity index (χ0n) is 23.6. The molecule has 2 N–H and O–H groups in total. The van der Waals surface area contributed by atoms with Gasteiger partial charge in [-0.1, -0.05) is 53.6 Å². The predicted molar refractivity (Wildman–Crippen MR) is 164 cm³/mol. The Morgan fingerprint density at radius 1 is 0.884 bits per heavy atom. The van der Waals surface area contributed by atoms with Gasteiger partial charge in [0.25, 0.3) is 15.9 Å². The molecule has 4 rings (SSSR count). The first kappa shape index (κ1) is 31.5. The standard InChI is InChI=1S/C32H31ClFN3O5S/c1-22-3-5-24(6-4-22)19-35-32(39)23(2)37(20-25-7-9-26(33)10-8-25)31(38)21-42-29-15-17-30(18-16-29)43(40,41)36-28-13-11-27(34)12-14-28/h3-18,23,36H,19-21H2,1-2H3,(H,35,39). The molecule has 11 heteroatoms. The summed E-state index contributed by atoms with van der Waals surface area (Å²) in [5.74, 6) is -0.992. The minimum Gasteiger partial charge on any atom is -0.484 e. The van der Waals surface area contributed by atoms with E-state index in [1.54, 1.807) is 31.2 Å². The maximum absolute atomic E-state index is 13.4. The number of benzene rings is 4. The number of rotatable bonds is 12. The molecule has 0 aliphatic heterocycles. The van der Waals surface area contributed by atoms with Crippen LogP contribution in [-0.2, 0) is 32.7 Å². The number of nitrogens with one attached hydrogen (secondary N) is 2. The highest BCUT2D eigenvalue weighted by atomic mass is 35.5. The topological polar surface area (TPSA) is 105 Å². The summed E-state index contributed by atoms with van der Waals surface area (Å²) in [6.45, 7) is 3.70. The van der Waals surface area contributed by atoms with Gasteiger partial charge in [-0.3, -0.25) is 14.3 Å². The van der Waals surface area contributed by atoms with Gasteiger partial charge in [-0.05, 0) is 85.6 Å². The van der Waals surface area contributed by atoms with Crippen molar-refractivity contribution in [1.29, 1.82) is 0 Å². The normalized spacial score (nSPS) is 11.8. The largest absolute Gasteiger partial charge is 0.484 e. The van der Waals surface area contributed by atoms with Crippen LogP contribution in [0.25, 0.3) is 0 Å². The van der Waals surface area contributed by atoms with E-state index in [9.17, 15) is 22.4 Å². The van der Waals surface area contributed by atoms with Gasteiger partial charge in [-0.25, -0.2) is 12.8 Å². The van der Waals surface area contributed by atoms with Crippen LogP contribution >= 0.6 is 11.6 Å². The lowest BCUT2D eigenvalue weighted by molar-refractivity contribution is -0.142.